The van der Waals surface area contributed by atoms with Gasteiger partial charge in [-0.3, -0.25) is 9.78 Å². The fourth-order valence-electron chi connectivity index (χ4n) is 2.28. The highest BCUT2D eigenvalue weighted by atomic mass is 16.2. The van der Waals surface area contributed by atoms with Crippen molar-refractivity contribution in [1.82, 2.24) is 9.88 Å². The normalized spacial score (nSPS) is 16.9. The summed E-state index contributed by atoms with van der Waals surface area (Å²) >= 11 is 0. The number of aromatic nitrogens is 1. The number of hydrogen-bond acceptors (Lipinski definition) is 3. The Bertz CT molecular complexity index is 540. The zero-order valence-electron chi connectivity index (χ0n) is 11.4. The van der Waals surface area contributed by atoms with Crippen molar-refractivity contribution in [2.45, 2.75) is 20.3 Å². The molecule has 4 nitrogen and oxygen atoms in total. The van der Waals surface area contributed by atoms with Crippen LogP contribution in [0.25, 0.3) is 0 Å². The summed E-state index contributed by atoms with van der Waals surface area (Å²) in [5.74, 6) is 5.72. The second-order valence-electron chi connectivity index (χ2n) is 5.57. The van der Waals surface area contributed by atoms with Gasteiger partial charge in [-0.1, -0.05) is 25.7 Å². The maximum Gasteiger partial charge on any atom is 0.255 e. The Labute approximate surface area is 114 Å². The van der Waals surface area contributed by atoms with E-state index in [2.05, 4.69) is 30.7 Å². The SMILES string of the molecule is CC1(C)CCN(C(=O)c2ccncc2C#CCN)C1. The summed E-state index contributed by atoms with van der Waals surface area (Å²) in [5, 5.41) is 0. The molecule has 1 amide bonds. The average Bonchev–Trinajstić information content (AvgIpc) is 2.76. The summed E-state index contributed by atoms with van der Waals surface area (Å²) in [7, 11) is 0. The molecule has 0 spiro atoms. The van der Waals surface area contributed by atoms with Crippen LogP contribution < -0.4 is 5.73 Å². The molecule has 0 aromatic carbocycles. The van der Waals surface area contributed by atoms with Gasteiger partial charge in [0.15, 0.2) is 0 Å². The van der Waals surface area contributed by atoms with Gasteiger partial charge in [0, 0.05) is 25.5 Å². The van der Waals surface area contributed by atoms with E-state index < -0.39 is 0 Å². The minimum Gasteiger partial charge on any atom is -0.338 e. The molecule has 1 aromatic rings. The van der Waals surface area contributed by atoms with Crippen molar-refractivity contribution in [2.24, 2.45) is 11.1 Å². The van der Waals surface area contributed by atoms with Crippen molar-refractivity contribution < 1.29 is 4.79 Å². The molecule has 1 aliphatic heterocycles. The molecule has 0 radical (unpaired) electrons. The molecule has 0 aliphatic carbocycles. The lowest BCUT2D eigenvalue weighted by Gasteiger charge is -2.20. The number of rotatable bonds is 1. The summed E-state index contributed by atoms with van der Waals surface area (Å²) in [4.78, 5) is 18.4. The van der Waals surface area contributed by atoms with Crippen molar-refractivity contribution in [2.75, 3.05) is 19.6 Å². The number of nitrogens with zero attached hydrogens (tertiary/aromatic N) is 2. The first-order valence-corrected chi connectivity index (χ1v) is 6.46. The van der Waals surface area contributed by atoms with E-state index in [1.54, 1.807) is 18.5 Å². The molecule has 100 valence electrons. The quantitative estimate of drug-likeness (QED) is 0.771. The summed E-state index contributed by atoms with van der Waals surface area (Å²) in [6.45, 7) is 6.24. The Morgan fingerprint density at radius 2 is 2.37 bits per heavy atom. The Balaban J connectivity index is 2.25. The average molecular weight is 257 g/mol. The first-order valence-electron chi connectivity index (χ1n) is 6.46. The van der Waals surface area contributed by atoms with Gasteiger partial charge in [-0.15, -0.1) is 0 Å². The first-order chi connectivity index (χ1) is 9.03. The third-order valence-corrected chi connectivity index (χ3v) is 3.34. The molecule has 2 heterocycles. The van der Waals surface area contributed by atoms with Crippen LogP contribution in [-0.4, -0.2) is 35.4 Å². The molecule has 0 unspecified atom stereocenters. The standard InChI is InChI=1S/C15H19N3O/c1-15(2)6-9-18(11-15)14(19)13-5-8-17-10-12(13)4-3-7-16/h5,8,10H,6-7,9,11,16H2,1-2H3. The lowest BCUT2D eigenvalue weighted by atomic mass is 9.93. The monoisotopic (exact) mass is 257 g/mol. The molecule has 2 N–H and O–H groups in total. The van der Waals surface area contributed by atoms with E-state index in [0.29, 0.717) is 11.1 Å². The predicted octanol–water partition coefficient (Wildman–Crippen LogP) is 1.26. The minimum absolute atomic E-state index is 0.0364. The van der Waals surface area contributed by atoms with Gasteiger partial charge in [0.2, 0.25) is 0 Å². The van der Waals surface area contributed by atoms with Crippen LogP contribution in [0.4, 0.5) is 0 Å². The van der Waals surface area contributed by atoms with Crippen LogP contribution in [0.5, 0.6) is 0 Å². The molecule has 0 bridgehead atoms. The molecule has 2 rings (SSSR count). The van der Waals surface area contributed by atoms with Crippen LogP contribution in [0.3, 0.4) is 0 Å². The first kappa shape index (κ1) is 13.6. The summed E-state index contributed by atoms with van der Waals surface area (Å²) in [5.41, 5.74) is 6.85. The summed E-state index contributed by atoms with van der Waals surface area (Å²) < 4.78 is 0. The third-order valence-electron chi connectivity index (χ3n) is 3.34. The van der Waals surface area contributed by atoms with Crippen LogP contribution in [0.15, 0.2) is 18.5 Å². The van der Waals surface area contributed by atoms with Gasteiger partial charge in [-0.2, -0.15) is 0 Å². The van der Waals surface area contributed by atoms with Gasteiger partial charge in [0.1, 0.15) is 0 Å². The smallest absolute Gasteiger partial charge is 0.255 e. The van der Waals surface area contributed by atoms with E-state index in [-0.39, 0.29) is 17.9 Å². The second kappa shape index (κ2) is 5.41. The molecule has 0 saturated carbocycles. The van der Waals surface area contributed by atoms with E-state index in [1.165, 1.54) is 0 Å². The van der Waals surface area contributed by atoms with E-state index in [9.17, 15) is 4.79 Å². The molecule has 19 heavy (non-hydrogen) atoms. The van der Waals surface area contributed by atoms with Crippen LogP contribution in [0.2, 0.25) is 0 Å². The maximum absolute atomic E-state index is 12.5. The largest absolute Gasteiger partial charge is 0.338 e. The number of nitrogens with two attached hydrogens (primary N) is 1. The topological polar surface area (TPSA) is 59.2 Å². The molecular weight excluding hydrogens is 238 g/mol. The van der Waals surface area contributed by atoms with Crippen LogP contribution in [0, 0.1) is 17.3 Å². The zero-order valence-corrected chi connectivity index (χ0v) is 11.4. The number of amides is 1. The number of pyridine rings is 1. The second-order valence-corrected chi connectivity index (χ2v) is 5.57. The molecule has 1 aliphatic rings. The predicted molar refractivity (Wildman–Crippen MR) is 74.5 cm³/mol. The zero-order chi connectivity index (χ0) is 13.9. The molecule has 1 aromatic heterocycles. The molecule has 4 heteroatoms. The lowest BCUT2D eigenvalue weighted by molar-refractivity contribution is 0.0778. The van der Waals surface area contributed by atoms with Gasteiger partial charge < -0.3 is 10.6 Å². The van der Waals surface area contributed by atoms with Gasteiger partial charge in [-0.05, 0) is 17.9 Å². The summed E-state index contributed by atoms with van der Waals surface area (Å²) in [6, 6.07) is 1.73. The van der Waals surface area contributed by atoms with Crippen molar-refractivity contribution in [1.29, 1.82) is 0 Å². The van der Waals surface area contributed by atoms with Gasteiger partial charge >= 0.3 is 0 Å². The Morgan fingerprint density at radius 3 is 3.00 bits per heavy atom. The van der Waals surface area contributed by atoms with Crippen LogP contribution >= 0.6 is 0 Å². The Kier molecular flexibility index (Phi) is 3.87. The fraction of sp³-hybridized carbons (Fsp3) is 0.467. The van der Waals surface area contributed by atoms with Gasteiger partial charge in [-0.25, -0.2) is 0 Å². The molecule has 0 atom stereocenters. The van der Waals surface area contributed by atoms with E-state index in [0.717, 1.165) is 19.5 Å². The van der Waals surface area contributed by atoms with Gasteiger partial charge in [0.05, 0.1) is 17.7 Å². The number of hydrogen-bond donors (Lipinski definition) is 1. The fourth-order valence-corrected chi connectivity index (χ4v) is 2.28. The highest BCUT2D eigenvalue weighted by Gasteiger charge is 2.32. The number of carbonyl (C=O) groups is 1. The highest BCUT2D eigenvalue weighted by Crippen LogP contribution is 2.29. The molecule has 1 saturated heterocycles. The highest BCUT2D eigenvalue weighted by molar-refractivity contribution is 5.96. The number of carbonyl (C=O) groups excluding carboxylic acids is 1. The van der Waals surface area contributed by atoms with Crippen molar-refractivity contribution >= 4 is 5.91 Å². The molecular formula is C15H19N3O. The van der Waals surface area contributed by atoms with E-state index in [4.69, 9.17) is 5.73 Å². The summed E-state index contributed by atoms with van der Waals surface area (Å²) in [6.07, 6.45) is 4.28. The number of likely N-dealkylation sites (tertiary alicyclic amines) is 1. The van der Waals surface area contributed by atoms with Gasteiger partial charge in [0.25, 0.3) is 5.91 Å². The Hall–Kier alpha value is -1.86. The van der Waals surface area contributed by atoms with E-state index >= 15 is 0 Å². The molecule has 1 fully saturated rings. The van der Waals surface area contributed by atoms with Crippen molar-refractivity contribution in [3.05, 3.63) is 29.6 Å². The van der Waals surface area contributed by atoms with E-state index in [1.807, 2.05) is 4.90 Å². The lowest BCUT2D eigenvalue weighted by Crippen LogP contribution is -2.30. The third kappa shape index (κ3) is 3.12. The maximum atomic E-state index is 12.5. The Morgan fingerprint density at radius 1 is 1.58 bits per heavy atom. The van der Waals surface area contributed by atoms with Crippen LogP contribution in [0.1, 0.15) is 36.2 Å². The van der Waals surface area contributed by atoms with Crippen molar-refractivity contribution in [3.8, 4) is 11.8 Å². The van der Waals surface area contributed by atoms with Crippen LogP contribution in [-0.2, 0) is 0 Å². The minimum atomic E-state index is 0.0364. The van der Waals surface area contributed by atoms with Crippen molar-refractivity contribution in [3.63, 3.8) is 0 Å².